The highest BCUT2D eigenvalue weighted by molar-refractivity contribution is 7.15. The molecule has 4 nitrogen and oxygen atoms in total. The minimum atomic E-state index is -0.491. The van der Waals surface area contributed by atoms with Crippen LogP contribution in [0.1, 0.15) is 26.5 Å². The molecule has 0 fully saturated rings. The van der Waals surface area contributed by atoms with Crippen molar-refractivity contribution in [2.75, 3.05) is 11.9 Å². The summed E-state index contributed by atoms with van der Waals surface area (Å²) in [6, 6.07) is 3.71. The molecule has 108 valence electrons. The van der Waals surface area contributed by atoms with Crippen molar-refractivity contribution in [2.45, 2.75) is 13.8 Å². The molecule has 0 bridgehead atoms. The summed E-state index contributed by atoms with van der Waals surface area (Å²) in [7, 11) is 0. The van der Waals surface area contributed by atoms with Crippen molar-refractivity contribution in [1.82, 2.24) is 4.98 Å². The zero-order chi connectivity index (χ0) is 15.4. The minimum absolute atomic E-state index is 0.228. The van der Waals surface area contributed by atoms with Gasteiger partial charge in [0, 0.05) is 10.4 Å². The van der Waals surface area contributed by atoms with Crippen LogP contribution in [0.5, 0.6) is 0 Å². The highest BCUT2D eigenvalue weighted by Crippen LogP contribution is 2.22. The van der Waals surface area contributed by atoms with Crippen molar-refractivity contribution in [3.05, 3.63) is 45.7 Å². The Hall–Kier alpha value is -2.23. The number of aryl methyl sites for hydroxylation is 2. The Balaban J connectivity index is 2.30. The number of hydrogen-bond acceptors (Lipinski definition) is 4. The van der Waals surface area contributed by atoms with E-state index in [1.54, 1.807) is 0 Å². The van der Waals surface area contributed by atoms with E-state index >= 15 is 0 Å². The Labute approximate surface area is 125 Å². The van der Waals surface area contributed by atoms with Crippen LogP contribution in [0.25, 0.3) is 0 Å². The number of nitrogens with zero attached hydrogens (tertiary/aromatic N) is 1. The summed E-state index contributed by atoms with van der Waals surface area (Å²) < 4.78 is 13.2. The second-order valence-corrected chi connectivity index (χ2v) is 5.47. The molecular formula is C15H13FN2O2S. The number of thiazole rings is 1. The fraction of sp³-hybridized carbons (Fsp3) is 0.200. The average Bonchev–Trinajstić information content (AvgIpc) is 2.74. The largest absolute Gasteiger partial charge is 0.384 e. The number of hydrogen-bond donors (Lipinski definition) is 2. The molecule has 2 aromatic rings. The van der Waals surface area contributed by atoms with Crippen molar-refractivity contribution in [2.24, 2.45) is 0 Å². The molecule has 0 saturated heterocycles. The van der Waals surface area contributed by atoms with Crippen LogP contribution in [0.3, 0.4) is 0 Å². The second-order valence-electron chi connectivity index (χ2n) is 4.26. The molecule has 21 heavy (non-hydrogen) atoms. The lowest BCUT2D eigenvalue weighted by Crippen LogP contribution is -2.13. The van der Waals surface area contributed by atoms with Crippen LogP contribution in [-0.4, -0.2) is 22.6 Å². The van der Waals surface area contributed by atoms with E-state index in [1.165, 1.54) is 23.5 Å². The van der Waals surface area contributed by atoms with E-state index < -0.39 is 11.7 Å². The van der Waals surface area contributed by atoms with E-state index in [2.05, 4.69) is 22.1 Å². The third-order valence-electron chi connectivity index (χ3n) is 2.78. The van der Waals surface area contributed by atoms with Crippen molar-refractivity contribution < 1.29 is 14.3 Å². The summed E-state index contributed by atoms with van der Waals surface area (Å²) >= 11 is 1.37. The third kappa shape index (κ3) is 3.66. The minimum Gasteiger partial charge on any atom is -0.384 e. The predicted molar refractivity (Wildman–Crippen MR) is 79.9 cm³/mol. The van der Waals surface area contributed by atoms with Gasteiger partial charge in [0.2, 0.25) is 0 Å². The summed E-state index contributed by atoms with van der Waals surface area (Å²) in [6.45, 7) is 3.42. The molecule has 6 heteroatoms. The number of benzene rings is 1. The summed E-state index contributed by atoms with van der Waals surface area (Å²) in [6.07, 6.45) is 0. The van der Waals surface area contributed by atoms with E-state index in [1.807, 2.05) is 13.8 Å². The normalized spacial score (nSPS) is 9.90. The third-order valence-corrected chi connectivity index (χ3v) is 3.77. The topological polar surface area (TPSA) is 62.2 Å². The van der Waals surface area contributed by atoms with Gasteiger partial charge < -0.3 is 5.11 Å². The molecule has 0 aliphatic heterocycles. The maximum Gasteiger partial charge on any atom is 0.258 e. The molecular weight excluding hydrogens is 291 g/mol. The number of aliphatic hydroxyl groups excluding tert-OH is 1. The number of carbonyl (C=O) groups excluding carboxylic acids is 1. The van der Waals surface area contributed by atoms with Crippen LogP contribution < -0.4 is 5.32 Å². The van der Waals surface area contributed by atoms with Gasteiger partial charge in [-0.05, 0) is 32.0 Å². The lowest BCUT2D eigenvalue weighted by atomic mass is 10.1. The van der Waals surface area contributed by atoms with E-state index in [4.69, 9.17) is 5.11 Å². The Morgan fingerprint density at radius 1 is 1.48 bits per heavy atom. The van der Waals surface area contributed by atoms with E-state index in [-0.39, 0.29) is 17.7 Å². The number of anilines is 1. The fourth-order valence-electron chi connectivity index (χ4n) is 1.64. The summed E-state index contributed by atoms with van der Waals surface area (Å²) in [5.74, 6) is 4.08. The molecule has 0 saturated carbocycles. The number of aliphatic hydroxyl groups is 1. The lowest BCUT2D eigenvalue weighted by Gasteiger charge is -2.04. The van der Waals surface area contributed by atoms with Crippen LogP contribution in [0.15, 0.2) is 18.2 Å². The number of amides is 1. The smallest absolute Gasteiger partial charge is 0.258 e. The predicted octanol–water partition coefficient (Wildman–Crippen LogP) is 2.50. The summed E-state index contributed by atoms with van der Waals surface area (Å²) in [4.78, 5) is 17.5. The lowest BCUT2D eigenvalue weighted by molar-refractivity contribution is 0.102. The molecule has 2 rings (SSSR count). The second kappa shape index (κ2) is 6.48. The van der Waals surface area contributed by atoms with Gasteiger partial charge in [0.1, 0.15) is 12.4 Å². The van der Waals surface area contributed by atoms with Crippen molar-refractivity contribution >= 4 is 22.4 Å². The molecule has 0 atom stereocenters. The van der Waals surface area contributed by atoms with Crippen LogP contribution in [0, 0.1) is 31.5 Å². The van der Waals surface area contributed by atoms with Crippen LogP contribution in [0.2, 0.25) is 0 Å². The first-order chi connectivity index (χ1) is 10.0. The first-order valence-corrected chi connectivity index (χ1v) is 6.97. The van der Waals surface area contributed by atoms with Crippen LogP contribution >= 0.6 is 11.3 Å². The standard InChI is InChI=1S/C15H13FN2O2S/c1-9-10(2)21-15(17-9)18-14(20)13-6-5-12(16)8-11(13)4-3-7-19/h5-6,8,19H,7H2,1-2H3,(H,17,18,20). The molecule has 0 unspecified atom stereocenters. The van der Waals surface area contributed by atoms with Gasteiger partial charge in [0.15, 0.2) is 5.13 Å². The number of rotatable bonds is 2. The molecule has 0 radical (unpaired) electrons. The van der Waals surface area contributed by atoms with Gasteiger partial charge in [-0.2, -0.15) is 0 Å². The SMILES string of the molecule is Cc1nc(NC(=O)c2ccc(F)cc2C#CCO)sc1C. The van der Waals surface area contributed by atoms with E-state index in [9.17, 15) is 9.18 Å². The monoisotopic (exact) mass is 304 g/mol. The average molecular weight is 304 g/mol. The molecule has 1 amide bonds. The summed E-state index contributed by atoms with van der Waals surface area (Å²) in [5, 5.41) is 11.9. The maximum atomic E-state index is 13.2. The molecule has 1 heterocycles. The molecule has 2 N–H and O–H groups in total. The number of carbonyl (C=O) groups is 1. The Morgan fingerprint density at radius 2 is 2.24 bits per heavy atom. The Morgan fingerprint density at radius 3 is 2.86 bits per heavy atom. The number of nitrogens with one attached hydrogen (secondary N) is 1. The zero-order valence-corrected chi connectivity index (χ0v) is 12.3. The zero-order valence-electron chi connectivity index (χ0n) is 11.5. The molecule has 0 aliphatic rings. The highest BCUT2D eigenvalue weighted by atomic mass is 32.1. The van der Waals surface area contributed by atoms with Gasteiger partial charge in [-0.3, -0.25) is 10.1 Å². The first kappa shape index (κ1) is 15.2. The van der Waals surface area contributed by atoms with E-state index in [0.717, 1.165) is 16.6 Å². The Kier molecular flexibility index (Phi) is 4.68. The molecule has 1 aromatic carbocycles. The number of halogens is 1. The molecule has 1 aromatic heterocycles. The first-order valence-electron chi connectivity index (χ1n) is 6.16. The van der Waals surface area contributed by atoms with Gasteiger partial charge in [0.25, 0.3) is 5.91 Å². The van der Waals surface area contributed by atoms with Gasteiger partial charge >= 0.3 is 0 Å². The van der Waals surface area contributed by atoms with Crippen molar-refractivity contribution in [3.8, 4) is 11.8 Å². The van der Waals surface area contributed by atoms with E-state index in [0.29, 0.717) is 5.13 Å². The molecule has 0 spiro atoms. The van der Waals surface area contributed by atoms with Crippen molar-refractivity contribution in [1.29, 1.82) is 0 Å². The highest BCUT2D eigenvalue weighted by Gasteiger charge is 2.14. The number of aromatic nitrogens is 1. The van der Waals surface area contributed by atoms with Gasteiger partial charge in [-0.25, -0.2) is 9.37 Å². The molecule has 0 aliphatic carbocycles. The van der Waals surface area contributed by atoms with Gasteiger partial charge in [0.05, 0.1) is 11.3 Å². The maximum absolute atomic E-state index is 13.2. The Bertz CT molecular complexity index is 724. The van der Waals surface area contributed by atoms with Gasteiger partial charge in [-0.1, -0.05) is 11.8 Å². The summed E-state index contributed by atoms with van der Waals surface area (Å²) in [5.41, 5.74) is 1.32. The fourth-order valence-corrected chi connectivity index (χ4v) is 2.45. The van der Waals surface area contributed by atoms with Crippen LogP contribution in [0.4, 0.5) is 9.52 Å². The van der Waals surface area contributed by atoms with Gasteiger partial charge in [-0.15, -0.1) is 11.3 Å². The van der Waals surface area contributed by atoms with Crippen molar-refractivity contribution in [3.63, 3.8) is 0 Å². The quantitative estimate of drug-likeness (QED) is 0.838. The van der Waals surface area contributed by atoms with Crippen LogP contribution in [-0.2, 0) is 0 Å².